The van der Waals surface area contributed by atoms with Gasteiger partial charge in [-0.25, -0.2) is 0 Å². The summed E-state index contributed by atoms with van der Waals surface area (Å²) >= 11 is 5.98. The van der Waals surface area contributed by atoms with Crippen molar-refractivity contribution in [3.05, 3.63) is 64.7 Å². The Morgan fingerprint density at radius 3 is 1.88 bits per heavy atom. The molecule has 4 atom stereocenters. The summed E-state index contributed by atoms with van der Waals surface area (Å²) in [5, 5.41) is 7.87. The smallest absolute Gasteiger partial charge is 0.452 e. The molecule has 8 nitrogen and oxygen atoms in total. The van der Waals surface area contributed by atoms with E-state index >= 15 is 0 Å². The molecule has 3 rings (SSSR count). The first-order chi connectivity index (χ1) is 19.2. The van der Waals surface area contributed by atoms with Gasteiger partial charge in [0.15, 0.2) is 0 Å². The van der Waals surface area contributed by atoms with Crippen molar-refractivity contribution in [2.75, 3.05) is 7.11 Å². The highest BCUT2D eigenvalue weighted by molar-refractivity contribution is 6.30. The fourth-order valence-electron chi connectivity index (χ4n) is 4.42. The van der Waals surface area contributed by atoms with E-state index in [4.69, 9.17) is 16.3 Å². The summed E-state index contributed by atoms with van der Waals surface area (Å²) < 4.78 is 44.7. The molecular weight excluding hydrogens is 563 g/mol. The van der Waals surface area contributed by atoms with Crippen molar-refractivity contribution in [2.45, 2.75) is 63.8 Å². The van der Waals surface area contributed by atoms with Gasteiger partial charge in [0.1, 0.15) is 17.8 Å². The van der Waals surface area contributed by atoms with E-state index in [1.165, 1.54) is 52.1 Å². The lowest BCUT2D eigenvalue weighted by Crippen LogP contribution is -2.54. The molecule has 3 amide bonds. The van der Waals surface area contributed by atoms with E-state index in [1.54, 1.807) is 24.3 Å². The van der Waals surface area contributed by atoms with Crippen LogP contribution in [0.1, 0.15) is 56.7 Å². The lowest BCUT2D eigenvalue weighted by atomic mass is 9.93. The van der Waals surface area contributed by atoms with E-state index in [0.717, 1.165) is 18.4 Å². The number of alkyl halides is 3. The second-order valence-corrected chi connectivity index (χ2v) is 10.8. The van der Waals surface area contributed by atoms with Gasteiger partial charge in [-0.1, -0.05) is 49.7 Å². The van der Waals surface area contributed by atoms with Gasteiger partial charge < -0.3 is 20.7 Å². The minimum Gasteiger partial charge on any atom is -0.497 e. The van der Waals surface area contributed by atoms with Gasteiger partial charge in [-0.3, -0.25) is 19.2 Å². The van der Waals surface area contributed by atoms with Gasteiger partial charge in [-0.05, 0) is 67.0 Å². The average molecular weight is 596 g/mol. The molecule has 222 valence electrons. The summed E-state index contributed by atoms with van der Waals surface area (Å²) in [7, 11) is 1.43. The first-order valence-corrected chi connectivity index (χ1v) is 13.5. The molecule has 1 aliphatic carbocycles. The summed E-state index contributed by atoms with van der Waals surface area (Å²) in [6.45, 7) is 4.17. The second kappa shape index (κ2) is 13.4. The molecule has 0 heterocycles. The van der Waals surface area contributed by atoms with E-state index in [2.05, 4.69) is 16.0 Å². The van der Waals surface area contributed by atoms with Gasteiger partial charge in [0.25, 0.3) is 5.78 Å². The second-order valence-electron chi connectivity index (χ2n) is 10.4. The Morgan fingerprint density at radius 2 is 1.39 bits per heavy atom. The van der Waals surface area contributed by atoms with Crippen LogP contribution >= 0.6 is 11.6 Å². The topological polar surface area (TPSA) is 114 Å². The highest BCUT2D eigenvalue weighted by Crippen LogP contribution is 2.43. The average Bonchev–Trinajstić information content (AvgIpc) is 3.75. The first kappa shape index (κ1) is 31.9. The van der Waals surface area contributed by atoms with Crippen LogP contribution in [-0.2, 0) is 19.2 Å². The van der Waals surface area contributed by atoms with Gasteiger partial charge in [0.05, 0.1) is 19.1 Å². The largest absolute Gasteiger partial charge is 0.497 e. The standard InChI is InChI=1S/C29H33ClF3N3O5/c1-15(2)23(25(37)29(31,32)33)35-28(40)24(19-9-13-21(41-4)14-10-19)36-26(38)16(3)34-27(39)22(17-5-6-17)18-7-11-20(30)12-8-18/h7-17,22-24H,5-6H2,1-4H3,(H,34,39)(H,35,40)(H,36,38). The van der Waals surface area contributed by atoms with Crippen LogP contribution in [0.5, 0.6) is 5.75 Å². The number of amides is 3. The zero-order chi connectivity index (χ0) is 30.5. The number of carbonyl (C=O) groups excluding carboxylic acids is 4. The summed E-state index contributed by atoms with van der Waals surface area (Å²) in [6, 6.07) is 8.41. The van der Waals surface area contributed by atoms with E-state index < -0.39 is 53.7 Å². The van der Waals surface area contributed by atoms with E-state index in [1.807, 2.05) is 0 Å². The number of hydrogen-bond donors (Lipinski definition) is 3. The third-order valence-electron chi connectivity index (χ3n) is 6.88. The normalized spacial score (nSPS) is 16.2. The SMILES string of the molecule is COc1ccc(C(NC(=O)C(C)NC(=O)C(c2ccc(Cl)cc2)C2CC2)C(=O)NC(C(=O)C(F)(F)F)C(C)C)cc1. The molecule has 0 bridgehead atoms. The Labute approximate surface area is 241 Å². The van der Waals surface area contributed by atoms with E-state index in [9.17, 15) is 32.3 Å². The van der Waals surface area contributed by atoms with Crippen LogP contribution in [0, 0.1) is 11.8 Å². The number of carbonyl (C=O) groups is 4. The van der Waals surface area contributed by atoms with Crippen LogP contribution in [0.3, 0.4) is 0 Å². The van der Waals surface area contributed by atoms with Crippen LogP contribution in [0.2, 0.25) is 5.02 Å². The molecule has 41 heavy (non-hydrogen) atoms. The lowest BCUT2D eigenvalue weighted by molar-refractivity contribution is -0.175. The van der Waals surface area contributed by atoms with Gasteiger partial charge in [0, 0.05) is 5.02 Å². The summed E-state index contributed by atoms with van der Waals surface area (Å²) in [5.41, 5.74) is 0.987. The molecule has 4 unspecified atom stereocenters. The van der Waals surface area contributed by atoms with Crippen LogP contribution in [0.4, 0.5) is 13.2 Å². The summed E-state index contributed by atoms with van der Waals surface area (Å²) in [6.07, 6.45) is -3.45. The highest BCUT2D eigenvalue weighted by Gasteiger charge is 2.45. The third-order valence-corrected chi connectivity index (χ3v) is 7.13. The summed E-state index contributed by atoms with van der Waals surface area (Å²) in [5.74, 6) is -5.07. The number of benzene rings is 2. The fourth-order valence-corrected chi connectivity index (χ4v) is 4.54. The lowest BCUT2D eigenvalue weighted by Gasteiger charge is -2.27. The van der Waals surface area contributed by atoms with Crippen molar-refractivity contribution in [1.82, 2.24) is 16.0 Å². The van der Waals surface area contributed by atoms with Gasteiger partial charge in [0.2, 0.25) is 17.7 Å². The number of halogens is 4. The van der Waals surface area contributed by atoms with Crippen molar-refractivity contribution in [2.24, 2.45) is 11.8 Å². The first-order valence-electron chi connectivity index (χ1n) is 13.1. The van der Waals surface area contributed by atoms with Crippen molar-refractivity contribution in [3.63, 3.8) is 0 Å². The molecule has 2 aromatic carbocycles. The number of Topliss-reactive ketones (excluding diaryl/α,β-unsaturated/α-hetero) is 1. The van der Waals surface area contributed by atoms with Crippen molar-refractivity contribution in [1.29, 1.82) is 0 Å². The summed E-state index contributed by atoms with van der Waals surface area (Å²) in [4.78, 5) is 51.7. The maximum Gasteiger partial charge on any atom is 0.452 e. The molecule has 3 N–H and O–H groups in total. The quantitative estimate of drug-likeness (QED) is 0.335. The Hall–Kier alpha value is -3.60. The molecule has 0 aliphatic heterocycles. The van der Waals surface area contributed by atoms with Crippen molar-refractivity contribution >= 4 is 35.1 Å². The van der Waals surface area contributed by atoms with Gasteiger partial charge in [-0.15, -0.1) is 0 Å². The number of hydrogen-bond acceptors (Lipinski definition) is 5. The molecule has 1 saturated carbocycles. The Morgan fingerprint density at radius 1 is 0.829 bits per heavy atom. The van der Waals surface area contributed by atoms with Gasteiger partial charge >= 0.3 is 6.18 Å². The minimum absolute atomic E-state index is 0.114. The molecule has 0 spiro atoms. The Bertz CT molecular complexity index is 1250. The Balaban J connectivity index is 1.80. The highest BCUT2D eigenvalue weighted by atomic mass is 35.5. The number of methoxy groups -OCH3 is 1. The zero-order valence-corrected chi connectivity index (χ0v) is 23.8. The molecule has 0 aromatic heterocycles. The predicted octanol–water partition coefficient (Wildman–Crippen LogP) is 4.48. The molecule has 0 radical (unpaired) electrons. The monoisotopic (exact) mass is 595 g/mol. The molecule has 12 heteroatoms. The minimum atomic E-state index is -5.16. The third kappa shape index (κ3) is 8.45. The fraction of sp³-hybridized carbons (Fsp3) is 0.448. The molecule has 1 fully saturated rings. The van der Waals surface area contributed by atoms with Gasteiger partial charge in [-0.2, -0.15) is 13.2 Å². The predicted molar refractivity (Wildman–Crippen MR) is 146 cm³/mol. The van der Waals surface area contributed by atoms with Crippen LogP contribution in [0.15, 0.2) is 48.5 Å². The van der Waals surface area contributed by atoms with Crippen molar-refractivity contribution in [3.8, 4) is 5.75 Å². The molecule has 1 aliphatic rings. The zero-order valence-electron chi connectivity index (χ0n) is 23.1. The number of ketones is 1. The van der Waals surface area contributed by atoms with E-state index in [0.29, 0.717) is 10.8 Å². The number of nitrogens with one attached hydrogen (secondary N) is 3. The van der Waals surface area contributed by atoms with E-state index in [-0.39, 0.29) is 17.4 Å². The number of ether oxygens (including phenoxy) is 1. The van der Waals surface area contributed by atoms with Crippen LogP contribution in [-0.4, -0.2) is 48.9 Å². The van der Waals surface area contributed by atoms with Crippen LogP contribution in [0.25, 0.3) is 0 Å². The molecular formula is C29H33ClF3N3O5. The Kier molecular flexibility index (Phi) is 10.4. The molecule has 2 aromatic rings. The molecule has 0 saturated heterocycles. The van der Waals surface area contributed by atoms with Crippen LogP contribution < -0.4 is 20.7 Å². The maximum atomic E-state index is 13.3. The van der Waals surface area contributed by atoms with Crippen molar-refractivity contribution < 1.29 is 37.1 Å². The maximum absolute atomic E-state index is 13.3. The number of rotatable bonds is 12.